The van der Waals surface area contributed by atoms with Crippen molar-refractivity contribution in [2.75, 3.05) is 5.43 Å². The number of benzene rings is 3. The maximum absolute atomic E-state index is 12.6. The van der Waals surface area contributed by atoms with E-state index in [4.69, 9.17) is 11.6 Å². The van der Waals surface area contributed by atoms with Gasteiger partial charge < -0.3 is 5.43 Å². The topological polar surface area (TPSA) is 92.3 Å². The summed E-state index contributed by atoms with van der Waals surface area (Å²) in [5.74, 6) is 0. The van der Waals surface area contributed by atoms with Gasteiger partial charge in [-0.25, -0.2) is 16.8 Å². The van der Waals surface area contributed by atoms with Gasteiger partial charge in [-0.2, -0.15) is 0 Å². The smallest absolute Gasteiger partial charge is 0.257 e. The lowest BCUT2D eigenvalue weighted by Crippen LogP contribution is -2.29. The molecule has 0 aliphatic heterocycles. The molecule has 3 rings (SSSR count). The van der Waals surface area contributed by atoms with E-state index in [0.29, 0.717) is 10.7 Å². The summed E-state index contributed by atoms with van der Waals surface area (Å²) >= 11 is 5.82. The third-order valence-electron chi connectivity index (χ3n) is 3.93. The number of hydrazine groups is 1. The highest BCUT2D eigenvalue weighted by Gasteiger charge is 2.18. The molecule has 0 fully saturated rings. The minimum atomic E-state index is -3.83. The molecule has 0 amide bonds. The minimum absolute atomic E-state index is 0.00562. The number of halogens is 1. The van der Waals surface area contributed by atoms with E-state index in [1.165, 1.54) is 42.5 Å². The first kappa shape index (κ1) is 20.3. The standard InChI is InChI=1S/C19H17ClN2O4S2/c1-14-5-9-17(10-6-14)27(23,24)18-11-7-16(8-12-18)21-22-28(25,26)19-4-2-3-15(20)13-19/h2-13,21-22H,1H3. The number of anilines is 1. The Morgan fingerprint density at radius 1 is 0.750 bits per heavy atom. The van der Waals surface area contributed by atoms with E-state index in [-0.39, 0.29) is 14.7 Å². The molecule has 6 nitrogen and oxygen atoms in total. The average molecular weight is 437 g/mol. The quantitative estimate of drug-likeness (QED) is 0.573. The molecule has 0 aliphatic carbocycles. The first-order valence-corrected chi connectivity index (χ1v) is 11.5. The van der Waals surface area contributed by atoms with Gasteiger partial charge in [-0.1, -0.05) is 35.4 Å². The number of hydrogen-bond donors (Lipinski definition) is 2. The van der Waals surface area contributed by atoms with Gasteiger partial charge >= 0.3 is 0 Å². The molecular formula is C19H17ClN2O4S2. The summed E-state index contributed by atoms with van der Waals surface area (Å²) in [6.07, 6.45) is 0. The SMILES string of the molecule is Cc1ccc(S(=O)(=O)c2ccc(NNS(=O)(=O)c3cccc(Cl)c3)cc2)cc1. The van der Waals surface area contributed by atoms with E-state index in [0.717, 1.165) is 5.56 Å². The fourth-order valence-electron chi connectivity index (χ4n) is 2.39. The van der Waals surface area contributed by atoms with Gasteiger partial charge in [0.15, 0.2) is 0 Å². The highest BCUT2D eigenvalue weighted by molar-refractivity contribution is 7.91. The van der Waals surface area contributed by atoms with E-state index >= 15 is 0 Å². The monoisotopic (exact) mass is 436 g/mol. The van der Waals surface area contributed by atoms with Gasteiger partial charge in [0.05, 0.1) is 14.7 Å². The van der Waals surface area contributed by atoms with Crippen molar-refractivity contribution >= 4 is 37.1 Å². The summed E-state index contributed by atoms with van der Waals surface area (Å²) in [7, 11) is -7.48. The molecule has 0 saturated carbocycles. The van der Waals surface area contributed by atoms with Crippen LogP contribution in [0.15, 0.2) is 87.5 Å². The Labute approximate surface area is 169 Å². The van der Waals surface area contributed by atoms with Crippen LogP contribution in [0.1, 0.15) is 5.56 Å². The lowest BCUT2D eigenvalue weighted by atomic mass is 10.2. The fourth-order valence-corrected chi connectivity index (χ4v) is 4.82. The predicted molar refractivity (Wildman–Crippen MR) is 108 cm³/mol. The van der Waals surface area contributed by atoms with Crippen LogP contribution in [-0.2, 0) is 19.9 Å². The molecule has 28 heavy (non-hydrogen) atoms. The number of aryl methyl sites for hydroxylation is 1. The summed E-state index contributed by atoms with van der Waals surface area (Å²) in [5, 5.41) is 0.300. The second kappa shape index (κ2) is 7.92. The molecule has 0 radical (unpaired) electrons. The largest absolute Gasteiger partial charge is 0.308 e. The second-order valence-corrected chi connectivity index (χ2v) is 10.1. The third kappa shape index (κ3) is 4.53. The third-order valence-corrected chi connectivity index (χ3v) is 7.20. The maximum Gasteiger partial charge on any atom is 0.257 e. The van der Waals surface area contributed by atoms with Crippen LogP contribution < -0.4 is 10.3 Å². The first-order chi connectivity index (χ1) is 13.2. The van der Waals surface area contributed by atoms with Crippen molar-refractivity contribution in [3.8, 4) is 0 Å². The Hall–Kier alpha value is -2.39. The van der Waals surface area contributed by atoms with Gasteiger partial charge in [0.2, 0.25) is 9.84 Å². The Kier molecular flexibility index (Phi) is 5.76. The molecule has 0 heterocycles. The van der Waals surface area contributed by atoms with Crippen molar-refractivity contribution in [3.63, 3.8) is 0 Å². The normalized spacial score (nSPS) is 11.9. The molecular weight excluding hydrogens is 420 g/mol. The summed E-state index contributed by atoms with van der Waals surface area (Å²) in [5.41, 5.74) is 3.90. The maximum atomic E-state index is 12.6. The fraction of sp³-hybridized carbons (Fsp3) is 0.0526. The van der Waals surface area contributed by atoms with Crippen LogP contribution in [0.2, 0.25) is 5.02 Å². The lowest BCUT2D eigenvalue weighted by molar-refractivity contribution is 0.587. The predicted octanol–water partition coefficient (Wildman–Crippen LogP) is 3.79. The molecule has 146 valence electrons. The van der Waals surface area contributed by atoms with Crippen LogP contribution in [0.4, 0.5) is 5.69 Å². The zero-order valence-corrected chi connectivity index (χ0v) is 17.1. The summed E-state index contributed by atoms with van der Waals surface area (Å²) in [6, 6.07) is 18.2. The van der Waals surface area contributed by atoms with Gasteiger partial charge in [-0.15, -0.1) is 4.83 Å². The Balaban J connectivity index is 1.75. The van der Waals surface area contributed by atoms with Gasteiger partial charge in [0.1, 0.15) is 0 Å². The first-order valence-electron chi connectivity index (χ1n) is 8.14. The van der Waals surface area contributed by atoms with Crippen molar-refractivity contribution < 1.29 is 16.8 Å². The van der Waals surface area contributed by atoms with Crippen molar-refractivity contribution in [3.05, 3.63) is 83.4 Å². The zero-order chi connectivity index (χ0) is 20.4. The highest BCUT2D eigenvalue weighted by atomic mass is 35.5. The summed E-state index contributed by atoms with van der Waals surface area (Å²) < 4.78 is 49.8. The van der Waals surface area contributed by atoms with Crippen LogP contribution in [0.5, 0.6) is 0 Å². The van der Waals surface area contributed by atoms with Gasteiger partial charge in [0.25, 0.3) is 10.0 Å². The Bertz CT molecular complexity index is 1190. The molecule has 0 bridgehead atoms. The van der Waals surface area contributed by atoms with Crippen LogP contribution in [0, 0.1) is 6.92 Å². The van der Waals surface area contributed by atoms with Crippen LogP contribution >= 0.6 is 11.6 Å². The number of sulfone groups is 1. The van der Waals surface area contributed by atoms with E-state index in [1.807, 2.05) is 6.92 Å². The molecule has 3 aromatic rings. The van der Waals surface area contributed by atoms with E-state index in [2.05, 4.69) is 10.3 Å². The second-order valence-electron chi connectivity index (χ2n) is 6.03. The molecule has 2 N–H and O–H groups in total. The zero-order valence-electron chi connectivity index (χ0n) is 14.8. The number of sulfonamides is 1. The average Bonchev–Trinajstić information content (AvgIpc) is 2.67. The molecule has 0 aromatic heterocycles. The van der Waals surface area contributed by atoms with Crippen LogP contribution in [0.25, 0.3) is 0 Å². The van der Waals surface area contributed by atoms with E-state index in [9.17, 15) is 16.8 Å². The van der Waals surface area contributed by atoms with Crippen molar-refractivity contribution in [2.45, 2.75) is 21.6 Å². The number of hydrogen-bond acceptors (Lipinski definition) is 5. The molecule has 0 atom stereocenters. The van der Waals surface area contributed by atoms with Crippen LogP contribution in [-0.4, -0.2) is 16.8 Å². The van der Waals surface area contributed by atoms with Gasteiger partial charge in [0, 0.05) is 10.7 Å². The number of nitrogens with one attached hydrogen (secondary N) is 2. The van der Waals surface area contributed by atoms with Crippen molar-refractivity contribution in [1.29, 1.82) is 0 Å². The molecule has 0 spiro atoms. The Morgan fingerprint density at radius 2 is 1.32 bits per heavy atom. The van der Waals surface area contributed by atoms with Gasteiger partial charge in [-0.05, 0) is 61.5 Å². The molecule has 0 aliphatic rings. The van der Waals surface area contributed by atoms with Crippen molar-refractivity contribution in [1.82, 2.24) is 4.83 Å². The molecule has 3 aromatic carbocycles. The van der Waals surface area contributed by atoms with Gasteiger partial charge in [-0.3, -0.25) is 0 Å². The van der Waals surface area contributed by atoms with E-state index in [1.54, 1.807) is 30.3 Å². The molecule has 0 saturated heterocycles. The summed E-state index contributed by atoms with van der Waals surface area (Å²) in [6.45, 7) is 1.88. The lowest BCUT2D eigenvalue weighted by Gasteiger charge is -2.11. The minimum Gasteiger partial charge on any atom is -0.308 e. The van der Waals surface area contributed by atoms with Crippen molar-refractivity contribution in [2.24, 2.45) is 0 Å². The van der Waals surface area contributed by atoms with E-state index < -0.39 is 19.9 Å². The summed E-state index contributed by atoms with van der Waals surface area (Å²) in [4.78, 5) is 2.54. The molecule has 9 heteroatoms. The number of rotatable bonds is 6. The Morgan fingerprint density at radius 3 is 1.89 bits per heavy atom. The van der Waals surface area contributed by atoms with Crippen LogP contribution in [0.3, 0.4) is 0 Å². The molecule has 0 unspecified atom stereocenters. The highest BCUT2D eigenvalue weighted by Crippen LogP contribution is 2.23.